The predicted molar refractivity (Wildman–Crippen MR) is 190 cm³/mol. The number of thiophene rings is 1. The minimum atomic E-state index is 0.924. The molecule has 10 aromatic rings. The summed E-state index contributed by atoms with van der Waals surface area (Å²) in [7, 11) is 0. The highest BCUT2D eigenvalue weighted by Crippen LogP contribution is 2.47. The Morgan fingerprint density at radius 1 is 0.386 bits per heavy atom. The van der Waals surface area contributed by atoms with Gasteiger partial charge in [0.15, 0.2) is 0 Å². The maximum absolute atomic E-state index is 6.49. The first-order valence-electron chi connectivity index (χ1n) is 15.0. The number of hydrogen-bond acceptors (Lipinski definition) is 2. The molecule has 0 saturated heterocycles. The van der Waals surface area contributed by atoms with E-state index in [0.29, 0.717) is 0 Å². The minimum absolute atomic E-state index is 0.924. The summed E-state index contributed by atoms with van der Waals surface area (Å²) in [6.45, 7) is 0. The van der Waals surface area contributed by atoms with Gasteiger partial charge < -0.3 is 4.42 Å². The molecule has 0 radical (unpaired) electrons. The molecule has 204 valence electrons. The fourth-order valence-electron chi connectivity index (χ4n) is 7.38. The second-order valence-electron chi connectivity index (χ2n) is 11.6. The molecule has 2 aromatic heterocycles. The van der Waals surface area contributed by atoms with Gasteiger partial charge in [-0.05, 0) is 84.9 Å². The Hall–Kier alpha value is -5.44. The number of hydrogen-bond donors (Lipinski definition) is 0. The maximum Gasteiger partial charge on any atom is 0.136 e. The number of rotatable bonds is 2. The lowest BCUT2D eigenvalue weighted by molar-refractivity contribution is 0.669. The van der Waals surface area contributed by atoms with Crippen molar-refractivity contribution in [3.8, 4) is 22.3 Å². The highest BCUT2D eigenvalue weighted by atomic mass is 32.1. The molecule has 10 rings (SSSR count). The van der Waals surface area contributed by atoms with Gasteiger partial charge in [0.05, 0.1) is 0 Å². The number of furan rings is 1. The van der Waals surface area contributed by atoms with Crippen LogP contribution < -0.4 is 0 Å². The third-order valence-corrected chi connectivity index (χ3v) is 10.4. The molecule has 2 heteroatoms. The van der Waals surface area contributed by atoms with Crippen molar-refractivity contribution in [3.05, 3.63) is 146 Å². The monoisotopic (exact) mass is 576 g/mol. The molecule has 0 aliphatic rings. The summed E-state index contributed by atoms with van der Waals surface area (Å²) in [6, 6.07) is 52.9. The lowest BCUT2D eigenvalue weighted by atomic mass is 9.86. The second kappa shape index (κ2) is 9.03. The average Bonchev–Trinajstić information content (AvgIpc) is 3.65. The fourth-order valence-corrected chi connectivity index (χ4v) is 8.65. The van der Waals surface area contributed by atoms with E-state index in [2.05, 4.69) is 146 Å². The smallest absolute Gasteiger partial charge is 0.136 e. The molecular weight excluding hydrogens is 553 g/mol. The van der Waals surface area contributed by atoms with E-state index in [4.69, 9.17) is 4.42 Å². The highest BCUT2D eigenvalue weighted by molar-refractivity contribution is 7.27. The first kappa shape index (κ1) is 24.0. The molecule has 0 aliphatic carbocycles. The van der Waals surface area contributed by atoms with Crippen LogP contribution in [0.4, 0.5) is 0 Å². The second-order valence-corrected chi connectivity index (χ2v) is 12.6. The van der Waals surface area contributed by atoms with E-state index in [-0.39, 0.29) is 0 Å². The molecule has 0 unspecified atom stereocenters. The molecule has 0 saturated carbocycles. The van der Waals surface area contributed by atoms with E-state index in [1.165, 1.54) is 85.5 Å². The molecule has 0 spiro atoms. The van der Waals surface area contributed by atoms with Crippen LogP contribution in [0.3, 0.4) is 0 Å². The van der Waals surface area contributed by atoms with Crippen LogP contribution in [0.15, 0.2) is 150 Å². The maximum atomic E-state index is 6.49. The van der Waals surface area contributed by atoms with Gasteiger partial charge in [0.2, 0.25) is 0 Å². The number of benzene rings is 8. The van der Waals surface area contributed by atoms with Crippen LogP contribution in [0, 0.1) is 0 Å². The molecule has 0 fully saturated rings. The van der Waals surface area contributed by atoms with Gasteiger partial charge in [-0.3, -0.25) is 0 Å². The quantitative estimate of drug-likeness (QED) is 0.187. The molecule has 0 N–H and O–H groups in total. The van der Waals surface area contributed by atoms with E-state index in [1.54, 1.807) is 0 Å². The Morgan fingerprint density at radius 3 is 1.73 bits per heavy atom. The number of fused-ring (bicyclic) bond motifs is 11. The third kappa shape index (κ3) is 3.29. The van der Waals surface area contributed by atoms with Crippen molar-refractivity contribution in [1.29, 1.82) is 0 Å². The van der Waals surface area contributed by atoms with Crippen LogP contribution in [0.5, 0.6) is 0 Å². The Labute approximate surface area is 257 Å². The van der Waals surface area contributed by atoms with Crippen molar-refractivity contribution >= 4 is 85.8 Å². The topological polar surface area (TPSA) is 13.1 Å². The lowest BCUT2D eigenvalue weighted by Crippen LogP contribution is -1.90. The lowest BCUT2D eigenvalue weighted by Gasteiger charge is -2.17. The molecule has 8 aromatic carbocycles. The SMILES string of the molecule is c1ccc(-c2c3ccccc3c(-c3ccc4oc5ccc6c(sc7ccc8ccccc8c76)c5c4c3)c3ccccc23)cc1. The molecule has 0 aliphatic heterocycles. The highest BCUT2D eigenvalue weighted by Gasteiger charge is 2.19. The van der Waals surface area contributed by atoms with Crippen LogP contribution in [-0.4, -0.2) is 0 Å². The average molecular weight is 577 g/mol. The Balaban J connectivity index is 1.31. The molecule has 1 nitrogen and oxygen atoms in total. The third-order valence-electron chi connectivity index (χ3n) is 9.24. The zero-order valence-electron chi connectivity index (χ0n) is 23.7. The zero-order valence-corrected chi connectivity index (χ0v) is 24.5. The van der Waals surface area contributed by atoms with E-state index < -0.39 is 0 Å². The van der Waals surface area contributed by atoms with Gasteiger partial charge in [-0.2, -0.15) is 0 Å². The van der Waals surface area contributed by atoms with Crippen LogP contribution in [0.1, 0.15) is 0 Å². The van der Waals surface area contributed by atoms with Gasteiger partial charge in [-0.25, -0.2) is 0 Å². The normalized spacial score (nSPS) is 12.1. The van der Waals surface area contributed by atoms with Crippen LogP contribution >= 0.6 is 11.3 Å². The first-order chi connectivity index (χ1) is 21.8. The molecule has 0 bridgehead atoms. The summed E-state index contributed by atoms with van der Waals surface area (Å²) in [4.78, 5) is 0. The van der Waals surface area contributed by atoms with Gasteiger partial charge in [-0.1, -0.05) is 115 Å². The summed E-state index contributed by atoms with van der Waals surface area (Å²) < 4.78 is 9.09. The molecular formula is C42H24OS. The van der Waals surface area contributed by atoms with Crippen LogP contribution in [0.25, 0.3) is 96.7 Å². The summed E-state index contributed by atoms with van der Waals surface area (Å²) in [6.07, 6.45) is 0. The summed E-state index contributed by atoms with van der Waals surface area (Å²) in [5.74, 6) is 0. The first-order valence-corrected chi connectivity index (χ1v) is 15.8. The predicted octanol–water partition coefficient (Wildman–Crippen LogP) is 12.7. The molecule has 0 amide bonds. The largest absolute Gasteiger partial charge is 0.456 e. The van der Waals surface area contributed by atoms with Gasteiger partial charge in [-0.15, -0.1) is 11.3 Å². The Kier molecular flexibility index (Phi) is 4.94. The molecule has 0 atom stereocenters. The van der Waals surface area contributed by atoms with Gasteiger partial charge in [0, 0.05) is 30.9 Å². The summed E-state index contributed by atoms with van der Waals surface area (Å²) in [5, 5.41) is 12.6. The Morgan fingerprint density at radius 2 is 1.00 bits per heavy atom. The zero-order chi connectivity index (χ0) is 28.8. The van der Waals surface area contributed by atoms with Crippen molar-refractivity contribution in [3.63, 3.8) is 0 Å². The molecule has 44 heavy (non-hydrogen) atoms. The van der Waals surface area contributed by atoms with Crippen LogP contribution in [-0.2, 0) is 0 Å². The Bertz CT molecular complexity index is 2710. The van der Waals surface area contributed by atoms with Crippen molar-refractivity contribution in [2.75, 3.05) is 0 Å². The van der Waals surface area contributed by atoms with Crippen molar-refractivity contribution in [2.45, 2.75) is 0 Å². The summed E-state index contributed by atoms with van der Waals surface area (Å²) >= 11 is 1.87. The van der Waals surface area contributed by atoms with Crippen molar-refractivity contribution in [1.82, 2.24) is 0 Å². The van der Waals surface area contributed by atoms with Gasteiger partial charge in [0.25, 0.3) is 0 Å². The summed E-state index contributed by atoms with van der Waals surface area (Å²) in [5.41, 5.74) is 6.86. The van der Waals surface area contributed by atoms with E-state index >= 15 is 0 Å². The van der Waals surface area contributed by atoms with Crippen molar-refractivity contribution < 1.29 is 4.42 Å². The molecule has 2 heterocycles. The minimum Gasteiger partial charge on any atom is -0.456 e. The van der Waals surface area contributed by atoms with E-state index in [0.717, 1.165) is 11.2 Å². The standard InChI is InChI=1S/C42H24OS/c1-2-11-26(12-3-1)38-29-14-6-8-16-31(29)39(32-17-9-7-15-30(32)38)27-18-21-35-34(24-27)41-36(43-35)22-20-33-40-28-13-5-4-10-25(28)19-23-37(40)44-42(33)41/h1-24H. The van der Waals surface area contributed by atoms with Gasteiger partial charge in [0.1, 0.15) is 11.2 Å². The van der Waals surface area contributed by atoms with E-state index in [9.17, 15) is 0 Å². The van der Waals surface area contributed by atoms with Crippen molar-refractivity contribution in [2.24, 2.45) is 0 Å². The fraction of sp³-hybridized carbons (Fsp3) is 0. The van der Waals surface area contributed by atoms with Gasteiger partial charge >= 0.3 is 0 Å². The van der Waals surface area contributed by atoms with Crippen LogP contribution in [0.2, 0.25) is 0 Å². The van der Waals surface area contributed by atoms with E-state index in [1.807, 2.05) is 11.3 Å².